The zero-order valence-electron chi connectivity index (χ0n) is 9.24. The Labute approximate surface area is 86.3 Å². The Morgan fingerprint density at radius 1 is 1.36 bits per heavy atom. The van der Waals surface area contributed by atoms with Crippen LogP contribution < -0.4 is 4.72 Å². The van der Waals surface area contributed by atoms with Gasteiger partial charge in [-0.2, -0.15) is 12.7 Å². The number of rotatable bonds is 6. The molecule has 0 rings (SSSR count). The average Bonchev–Trinajstić information content (AvgIpc) is 1.98. The lowest BCUT2D eigenvalue weighted by Crippen LogP contribution is -2.47. The minimum Gasteiger partial charge on any atom is -0.389 e. The van der Waals surface area contributed by atoms with E-state index in [1.165, 1.54) is 4.31 Å². The molecule has 14 heavy (non-hydrogen) atoms. The standard InChI is InChI=1S/C8H20N2O3S/c1-5-9-14(12,13)10(6-2)7-8(3,4)11/h9,11H,5-7H2,1-4H3. The molecule has 5 nitrogen and oxygen atoms in total. The fourth-order valence-corrected chi connectivity index (χ4v) is 2.45. The summed E-state index contributed by atoms with van der Waals surface area (Å²) in [5.41, 5.74) is -1.02. The van der Waals surface area contributed by atoms with E-state index in [4.69, 9.17) is 0 Å². The number of hydrogen-bond donors (Lipinski definition) is 2. The SMILES string of the molecule is CCNS(=O)(=O)N(CC)CC(C)(C)O. The molecular formula is C8H20N2O3S. The molecule has 0 aliphatic rings. The van der Waals surface area contributed by atoms with Gasteiger partial charge in [0.25, 0.3) is 10.2 Å². The lowest BCUT2D eigenvalue weighted by molar-refractivity contribution is 0.0598. The minimum atomic E-state index is -3.43. The second-order valence-corrected chi connectivity index (χ2v) is 5.50. The predicted octanol–water partition coefficient (Wildman–Crippen LogP) is -0.0665. The van der Waals surface area contributed by atoms with Crippen LogP contribution >= 0.6 is 0 Å². The van der Waals surface area contributed by atoms with Crippen molar-refractivity contribution in [2.24, 2.45) is 0 Å². The van der Waals surface area contributed by atoms with E-state index in [2.05, 4.69) is 4.72 Å². The molecule has 6 heteroatoms. The number of likely N-dealkylation sites (N-methyl/N-ethyl adjacent to an activating group) is 1. The topological polar surface area (TPSA) is 69.6 Å². The largest absolute Gasteiger partial charge is 0.389 e. The molecule has 0 unspecified atom stereocenters. The van der Waals surface area contributed by atoms with Crippen molar-refractivity contribution in [2.75, 3.05) is 19.6 Å². The Bertz CT molecular complexity index is 256. The molecule has 0 amide bonds. The first-order valence-corrected chi connectivity index (χ1v) is 6.14. The summed E-state index contributed by atoms with van der Waals surface area (Å²) in [4.78, 5) is 0. The summed E-state index contributed by atoms with van der Waals surface area (Å²) in [5.74, 6) is 0. The van der Waals surface area contributed by atoms with E-state index in [0.717, 1.165) is 0 Å². The molecule has 0 heterocycles. The predicted molar refractivity (Wildman–Crippen MR) is 56.1 cm³/mol. The van der Waals surface area contributed by atoms with Crippen molar-refractivity contribution in [3.8, 4) is 0 Å². The van der Waals surface area contributed by atoms with Crippen LogP contribution in [-0.4, -0.2) is 43.1 Å². The van der Waals surface area contributed by atoms with Gasteiger partial charge < -0.3 is 5.11 Å². The summed E-state index contributed by atoms with van der Waals surface area (Å²) in [6.45, 7) is 7.41. The van der Waals surface area contributed by atoms with Gasteiger partial charge in [0.15, 0.2) is 0 Å². The van der Waals surface area contributed by atoms with Gasteiger partial charge in [0.1, 0.15) is 0 Å². The number of nitrogens with zero attached hydrogens (tertiary/aromatic N) is 1. The minimum absolute atomic E-state index is 0.0961. The summed E-state index contributed by atoms with van der Waals surface area (Å²) in [6.07, 6.45) is 0. The summed E-state index contributed by atoms with van der Waals surface area (Å²) in [6, 6.07) is 0. The van der Waals surface area contributed by atoms with Gasteiger partial charge in [-0.3, -0.25) is 0 Å². The van der Waals surface area contributed by atoms with E-state index in [9.17, 15) is 13.5 Å². The highest BCUT2D eigenvalue weighted by molar-refractivity contribution is 7.87. The molecule has 2 N–H and O–H groups in total. The highest BCUT2D eigenvalue weighted by atomic mass is 32.2. The number of hydrogen-bond acceptors (Lipinski definition) is 3. The summed E-state index contributed by atoms with van der Waals surface area (Å²) in [5, 5.41) is 9.52. The Morgan fingerprint density at radius 2 is 1.86 bits per heavy atom. The smallest absolute Gasteiger partial charge is 0.279 e. The van der Waals surface area contributed by atoms with E-state index in [1.807, 2.05) is 0 Å². The van der Waals surface area contributed by atoms with E-state index >= 15 is 0 Å². The highest BCUT2D eigenvalue weighted by Gasteiger charge is 2.25. The summed E-state index contributed by atoms with van der Waals surface area (Å²) < 4.78 is 26.7. The van der Waals surface area contributed by atoms with Gasteiger partial charge in [-0.25, -0.2) is 4.72 Å². The van der Waals surface area contributed by atoms with Crippen molar-refractivity contribution in [3.05, 3.63) is 0 Å². The second kappa shape index (κ2) is 5.06. The summed E-state index contributed by atoms with van der Waals surface area (Å²) >= 11 is 0. The molecule has 0 atom stereocenters. The first-order chi connectivity index (χ1) is 6.23. The van der Waals surface area contributed by atoms with Crippen molar-refractivity contribution in [1.82, 2.24) is 9.03 Å². The normalized spacial score (nSPS) is 13.6. The van der Waals surface area contributed by atoms with Crippen LogP contribution in [0.3, 0.4) is 0 Å². The Balaban J connectivity index is 4.57. The lowest BCUT2D eigenvalue weighted by Gasteiger charge is -2.27. The quantitative estimate of drug-likeness (QED) is 0.664. The van der Waals surface area contributed by atoms with E-state index in [0.29, 0.717) is 13.1 Å². The molecule has 0 aliphatic heterocycles. The monoisotopic (exact) mass is 224 g/mol. The van der Waals surface area contributed by atoms with Crippen LogP contribution in [0.15, 0.2) is 0 Å². The second-order valence-electron chi connectivity index (χ2n) is 3.74. The molecule has 0 saturated carbocycles. The van der Waals surface area contributed by atoms with Crippen molar-refractivity contribution in [3.63, 3.8) is 0 Å². The van der Waals surface area contributed by atoms with Crippen LogP contribution in [0.2, 0.25) is 0 Å². The van der Waals surface area contributed by atoms with Gasteiger partial charge in [0, 0.05) is 19.6 Å². The molecule has 86 valence electrons. The Kier molecular flexibility index (Phi) is 5.00. The van der Waals surface area contributed by atoms with Crippen LogP contribution in [0.5, 0.6) is 0 Å². The number of aliphatic hydroxyl groups is 1. The molecule has 0 aromatic heterocycles. The third kappa shape index (κ3) is 4.90. The van der Waals surface area contributed by atoms with Gasteiger partial charge in [-0.1, -0.05) is 13.8 Å². The van der Waals surface area contributed by atoms with Gasteiger partial charge >= 0.3 is 0 Å². The van der Waals surface area contributed by atoms with Crippen molar-refractivity contribution in [1.29, 1.82) is 0 Å². The maximum atomic E-state index is 11.5. The molecule has 0 aliphatic carbocycles. The summed E-state index contributed by atoms with van der Waals surface area (Å²) in [7, 11) is -3.43. The molecular weight excluding hydrogens is 204 g/mol. The maximum absolute atomic E-state index is 11.5. The fourth-order valence-electron chi connectivity index (χ4n) is 1.07. The Hall–Kier alpha value is -0.170. The molecule has 0 radical (unpaired) electrons. The van der Waals surface area contributed by atoms with Crippen LogP contribution in [0, 0.1) is 0 Å². The van der Waals surface area contributed by atoms with Crippen molar-refractivity contribution < 1.29 is 13.5 Å². The van der Waals surface area contributed by atoms with E-state index in [-0.39, 0.29) is 6.54 Å². The lowest BCUT2D eigenvalue weighted by atomic mass is 10.1. The third-order valence-electron chi connectivity index (χ3n) is 1.58. The highest BCUT2D eigenvalue weighted by Crippen LogP contribution is 2.07. The maximum Gasteiger partial charge on any atom is 0.279 e. The zero-order valence-corrected chi connectivity index (χ0v) is 10.1. The van der Waals surface area contributed by atoms with Crippen LogP contribution in [0.4, 0.5) is 0 Å². The van der Waals surface area contributed by atoms with Crippen molar-refractivity contribution >= 4 is 10.2 Å². The molecule has 0 saturated heterocycles. The molecule has 0 aromatic carbocycles. The van der Waals surface area contributed by atoms with Gasteiger partial charge in [0.2, 0.25) is 0 Å². The fraction of sp³-hybridized carbons (Fsp3) is 1.00. The first kappa shape index (κ1) is 13.8. The molecule has 0 fully saturated rings. The third-order valence-corrected chi connectivity index (χ3v) is 3.30. The number of nitrogens with one attached hydrogen (secondary N) is 1. The zero-order chi connectivity index (χ0) is 11.4. The van der Waals surface area contributed by atoms with E-state index in [1.54, 1.807) is 27.7 Å². The van der Waals surface area contributed by atoms with Crippen LogP contribution in [-0.2, 0) is 10.2 Å². The average molecular weight is 224 g/mol. The molecule has 0 bridgehead atoms. The van der Waals surface area contributed by atoms with E-state index < -0.39 is 15.8 Å². The molecule has 0 spiro atoms. The van der Waals surface area contributed by atoms with Gasteiger partial charge in [-0.05, 0) is 13.8 Å². The van der Waals surface area contributed by atoms with Gasteiger partial charge in [-0.15, -0.1) is 0 Å². The first-order valence-electron chi connectivity index (χ1n) is 4.70. The van der Waals surface area contributed by atoms with Gasteiger partial charge in [0.05, 0.1) is 5.60 Å². The Morgan fingerprint density at radius 3 is 2.14 bits per heavy atom. The van der Waals surface area contributed by atoms with Crippen LogP contribution in [0.1, 0.15) is 27.7 Å². The molecule has 0 aromatic rings. The van der Waals surface area contributed by atoms with Crippen molar-refractivity contribution in [2.45, 2.75) is 33.3 Å². The van der Waals surface area contributed by atoms with Crippen LogP contribution in [0.25, 0.3) is 0 Å².